The highest BCUT2D eigenvalue weighted by Crippen LogP contribution is 2.42. The Morgan fingerprint density at radius 2 is 1.11 bits per heavy atom. The number of aryl methyl sites for hydroxylation is 1. The Balaban J connectivity index is 1.16. The SMILES string of the molecule is CCc1c(-c2ccccc2)c(-c2ccc(-n3c4ccccc4c4cc5c6cc7ccccc7cc6n(-c6ccccn6)c5cc43)cc2)nc2ccccc12. The molecule has 0 unspecified atom stereocenters. The number of nitrogens with zero attached hydrogens (tertiary/aromatic N) is 4. The van der Waals surface area contributed by atoms with E-state index in [1.807, 2.05) is 12.3 Å². The predicted octanol–water partition coefficient (Wildman–Crippen LogP) is 12.9. The topological polar surface area (TPSA) is 35.6 Å². The first-order valence-electron chi connectivity index (χ1n) is 18.6. The van der Waals surface area contributed by atoms with E-state index >= 15 is 0 Å². The van der Waals surface area contributed by atoms with Gasteiger partial charge in [-0.3, -0.25) is 4.57 Å². The molecule has 0 atom stereocenters. The van der Waals surface area contributed by atoms with Gasteiger partial charge in [-0.15, -0.1) is 0 Å². The number of aromatic nitrogens is 4. The van der Waals surface area contributed by atoms with Gasteiger partial charge in [0.2, 0.25) is 0 Å². The van der Waals surface area contributed by atoms with Crippen LogP contribution >= 0.6 is 0 Å². The Morgan fingerprint density at radius 1 is 0.463 bits per heavy atom. The van der Waals surface area contributed by atoms with E-state index in [9.17, 15) is 0 Å². The van der Waals surface area contributed by atoms with Crippen molar-refractivity contribution in [2.45, 2.75) is 13.3 Å². The van der Waals surface area contributed by atoms with Crippen molar-refractivity contribution < 1.29 is 0 Å². The van der Waals surface area contributed by atoms with Gasteiger partial charge in [-0.2, -0.15) is 0 Å². The summed E-state index contributed by atoms with van der Waals surface area (Å²) in [5.41, 5.74) is 12.6. The van der Waals surface area contributed by atoms with Crippen LogP contribution in [0.2, 0.25) is 0 Å². The van der Waals surface area contributed by atoms with Crippen LogP contribution in [0.25, 0.3) is 99.2 Å². The zero-order chi connectivity index (χ0) is 35.8. The van der Waals surface area contributed by atoms with Gasteiger partial charge < -0.3 is 4.57 Å². The fraction of sp³-hybridized carbons (Fsp3) is 0.0400. The Hall–Kier alpha value is -7.04. The summed E-state index contributed by atoms with van der Waals surface area (Å²) in [6.45, 7) is 2.25. The van der Waals surface area contributed by atoms with Crippen LogP contribution in [0.3, 0.4) is 0 Å². The second kappa shape index (κ2) is 12.0. The minimum absolute atomic E-state index is 0.905. The minimum Gasteiger partial charge on any atom is -0.309 e. The number of pyridine rings is 2. The summed E-state index contributed by atoms with van der Waals surface area (Å²) in [6.07, 6.45) is 2.79. The van der Waals surface area contributed by atoms with E-state index in [0.29, 0.717) is 0 Å². The van der Waals surface area contributed by atoms with Crippen molar-refractivity contribution in [2.75, 3.05) is 0 Å². The molecule has 0 saturated heterocycles. The maximum Gasteiger partial charge on any atom is 0.137 e. The van der Waals surface area contributed by atoms with E-state index in [1.54, 1.807) is 0 Å². The molecule has 0 fully saturated rings. The van der Waals surface area contributed by atoms with E-state index in [1.165, 1.54) is 59.9 Å². The number of rotatable bonds is 5. The van der Waals surface area contributed by atoms with Gasteiger partial charge in [-0.25, -0.2) is 9.97 Å². The summed E-state index contributed by atoms with van der Waals surface area (Å²) in [5, 5.41) is 8.56. The molecule has 254 valence electrons. The zero-order valence-electron chi connectivity index (χ0n) is 29.7. The van der Waals surface area contributed by atoms with Gasteiger partial charge in [0.25, 0.3) is 0 Å². The molecular formula is C50H34N4. The quantitative estimate of drug-likeness (QED) is 0.180. The van der Waals surface area contributed by atoms with Crippen LogP contribution in [0.15, 0.2) is 176 Å². The van der Waals surface area contributed by atoms with Crippen molar-refractivity contribution in [3.05, 3.63) is 182 Å². The number of hydrogen-bond acceptors (Lipinski definition) is 2. The van der Waals surface area contributed by atoms with Gasteiger partial charge in [0.15, 0.2) is 0 Å². The van der Waals surface area contributed by atoms with E-state index in [0.717, 1.165) is 51.3 Å². The standard InChI is InChI=1S/C50H34N4/c1-2-37-38-18-8-10-20-43(38)52-50(49(37)32-14-4-3-5-15-32)33-23-25-36(26-24-33)53-44-21-11-9-19-39(44)41-30-42-40-28-34-16-6-7-17-35(34)29-45(40)54(47(42)31-46(41)53)48-22-12-13-27-51-48/h3-31H,2H2,1H3. The van der Waals surface area contributed by atoms with Crippen molar-refractivity contribution in [3.63, 3.8) is 0 Å². The minimum atomic E-state index is 0.905. The van der Waals surface area contributed by atoms with Crippen LogP contribution in [0.5, 0.6) is 0 Å². The van der Waals surface area contributed by atoms with Gasteiger partial charge in [0.05, 0.1) is 33.3 Å². The summed E-state index contributed by atoms with van der Waals surface area (Å²) >= 11 is 0. The summed E-state index contributed by atoms with van der Waals surface area (Å²) in [4.78, 5) is 10.2. The van der Waals surface area contributed by atoms with Crippen LogP contribution < -0.4 is 0 Å². The molecule has 0 aliphatic heterocycles. The fourth-order valence-corrected chi connectivity index (χ4v) is 8.72. The summed E-state index contributed by atoms with van der Waals surface area (Å²) < 4.78 is 4.73. The second-order valence-corrected chi connectivity index (χ2v) is 14.1. The van der Waals surface area contributed by atoms with Crippen LogP contribution in [0.4, 0.5) is 0 Å². The summed E-state index contributed by atoms with van der Waals surface area (Å²) in [6, 6.07) is 61.2. The van der Waals surface area contributed by atoms with Gasteiger partial charge in [-0.05, 0) is 89.0 Å². The lowest BCUT2D eigenvalue weighted by Gasteiger charge is -2.17. The largest absolute Gasteiger partial charge is 0.309 e. The number of benzene rings is 7. The first-order chi connectivity index (χ1) is 26.7. The van der Waals surface area contributed by atoms with E-state index in [2.05, 4.69) is 180 Å². The van der Waals surface area contributed by atoms with Crippen molar-refractivity contribution in [1.82, 2.24) is 19.1 Å². The summed E-state index contributed by atoms with van der Waals surface area (Å²) in [7, 11) is 0. The molecule has 0 radical (unpaired) electrons. The van der Waals surface area contributed by atoms with Crippen LogP contribution in [0.1, 0.15) is 12.5 Å². The van der Waals surface area contributed by atoms with Crippen molar-refractivity contribution in [2.24, 2.45) is 0 Å². The molecule has 4 heteroatoms. The third-order valence-corrected chi connectivity index (χ3v) is 11.1. The molecule has 0 spiro atoms. The Bertz CT molecular complexity index is 3230. The molecule has 0 amide bonds. The predicted molar refractivity (Wildman–Crippen MR) is 226 cm³/mol. The first-order valence-corrected chi connectivity index (χ1v) is 18.6. The van der Waals surface area contributed by atoms with Crippen LogP contribution in [-0.2, 0) is 6.42 Å². The smallest absolute Gasteiger partial charge is 0.137 e. The lowest BCUT2D eigenvalue weighted by molar-refractivity contribution is 1.08. The van der Waals surface area contributed by atoms with Gasteiger partial charge in [0.1, 0.15) is 5.82 Å². The van der Waals surface area contributed by atoms with Crippen molar-refractivity contribution in [3.8, 4) is 33.9 Å². The molecule has 7 aromatic carbocycles. The third kappa shape index (κ3) is 4.56. The van der Waals surface area contributed by atoms with Gasteiger partial charge >= 0.3 is 0 Å². The molecule has 11 rings (SSSR count). The van der Waals surface area contributed by atoms with Crippen LogP contribution in [0, 0.1) is 0 Å². The Morgan fingerprint density at radius 3 is 1.91 bits per heavy atom. The number of hydrogen-bond donors (Lipinski definition) is 0. The number of para-hydroxylation sites is 2. The molecule has 11 aromatic rings. The van der Waals surface area contributed by atoms with Crippen LogP contribution in [-0.4, -0.2) is 19.1 Å². The molecule has 54 heavy (non-hydrogen) atoms. The maximum absolute atomic E-state index is 5.32. The monoisotopic (exact) mass is 690 g/mol. The molecule has 0 saturated carbocycles. The lowest BCUT2D eigenvalue weighted by Crippen LogP contribution is -1.99. The molecule has 4 aromatic heterocycles. The highest BCUT2D eigenvalue weighted by atomic mass is 15.1. The lowest BCUT2D eigenvalue weighted by atomic mass is 9.90. The van der Waals surface area contributed by atoms with Crippen molar-refractivity contribution >= 4 is 65.3 Å². The molecule has 0 bridgehead atoms. The molecule has 4 heterocycles. The van der Waals surface area contributed by atoms with Gasteiger partial charge in [0, 0.05) is 49.9 Å². The van der Waals surface area contributed by atoms with Gasteiger partial charge in [-0.1, -0.05) is 116 Å². The average Bonchev–Trinajstić information content (AvgIpc) is 3.73. The maximum atomic E-state index is 5.32. The Labute approximate surface area is 312 Å². The third-order valence-electron chi connectivity index (χ3n) is 11.1. The average molecular weight is 691 g/mol. The highest BCUT2D eigenvalue weighted by molar-refractivity contribution is 6.20. The number of fused-ring (bicyclic) bond motifs is 8. The normalized spacial score (nSPS) is 11.9. The van der Waals surface area contributed by atoms with E-state index < -0.39 is 0 Å². The molecule has 0 aliphatic carbocycles. The molecule has 0 N–H and O–H groups in total. The van der Waals surface area contributed by atoms with E-state index in [-0.39, 0.29) is 0 Å². The fourth-order valence-electron chi connectivity index (χ4n) is 8.72. The summed E-state index contributed by atoms with van der Waals surface area (Å²) in [5.74, 6) is 0.905. The Kier molecular flexibility index (Phi) is 6.80. The molecule has 4 nitrogen and oxygen atoms in total. The molecule has 0 aliphatic rings. The highest BCUT2D eigenvalue weighted by Gasteiger charge is 2.21. The van der Waals surface area contributed by atoms with E-state index in [4.69, 9.17) is 9.97 Å². The van der Waals surface area contributed by atoms with Crippen molar-refractivity contribution in [1.29, 1.82) is 0 Å². The first kappa shape index (κ1) is 30.6. The zero-order valence-corrected chi connectivity index (χ0v) is 29.7. The second-order valence-electron chi connectivity index (χ2n) is 14.1. The molecular weight excluding hydrogens is 657 g/mol.